The number of methoxy groups -OCH3 is 1. The first-order valence-corrected chi connectivity index (χ1v) is 10.2. The number of benzene rings is 3. The quantitative estimate of drug-likeness (QED) is 0.335. The Morgan fingerprint density at radius 3 is 2.54 bits per heavy atom. The molecule has 3 rings (SSSR count). The number of ether oxygens (including phenoxy) is 2. The van der Waals surface area contributed by atoms with Crippen molar-refractivity contribution in [3.8, 4) is 11.5 Å². The monoisotopic (exact) mass is 531 g/mol. The van der Waals surface area contributed by atoms with Crippen molar-refractivity contribution in [2.45, 2.75) is 13.2 Å². The van der Waals surface area contributed by atoms with Gasteiger partial charge in [0.1, 0.15) is 12.4 Å². The van der Waals surface area contributed by atoms with E-state index >= 15 is 0 Å². The number of hydrogen-bond donors (Lipinski definition) is 1. The smallest absolute Gasteiger partial charge is 0.174 e. The van der Waals surface area contributed by atoms with E-state index in [0.29, 0.717) is 28.1 Å². The minimum Gasteiger partial charge on any atom is -0.493 e. The van der Waals surface area contributed by atoms with Gasteiger partial charge in [-0.25, -0.2) is 4.39 Å². The molecule has 0 spiro atoms. The molecule has 0 atom stereocenters. The normalized spacial score (nSPS) is 10.6. The number of anilines is 1. The van der Waals surface area contributed by atoms with Crippen molar-refractivity contribution < 1.29 is 13.9 Å². The molecule has 0 aliphatic heterocycles. The second kappa shape index (κ2) is 9.67. The summed E-state index contributed by atoms with van der Waals surface area (Å²) >= 11 is 14.2. The summed E-state index contributed by atoms with van der Waals surface area (Å²) in [6, 6.07) is 15.7. The SMILES string of the molecule is COc1cc(CNc2ccc(Cl)c(Cl)c2)cc(I)c1OCc1cccc(F)c1. The summed E-state index contributed by atoms with van der Waals surface area (Å²) < 4.78 is 25.6. The molecule has 0 aromatic heterocycles. The molecule has 146 valence electrons. The highest BCUT2D eigenvalue weighted by molar-refractivity contribution is 14.1. The molecule has 0 amide bonds. The van der Waals surface area contributed by atoms with Gasteiger partial charge in [-0.05, 0) is 76.2 Å². The predicted molar refractivity (Wildman–Crippen MR) is 120 cm³/mol. The Morgan fingerprint density at radius 2 is 1.82 bits per heavy atom. The summed E-state index contributed by atoms with van der Waals surface area (Å²) in [6.07, 6.45) is 0. The molecule has 3 aromatic carbocycles. The second-order valence-corrected chi connectivity index (χ2v) is 7.99. The highest BCUT2D eigenvalue weighted by atomic mass is 127. The molecule has 0 heterocycles. The number of halogens is 4. The van der Waals surface area contributed by atoms with Crippen LogP contribution in [0.3, 0.4) is 0 Å². The van der Waals surface area contributed by atoms with Gasteiger partial charge in [-0.15, -0.1) is 0 Å². The van der Waals surface area contributed by atoms with E-state index in [2.05, 4.69) is 27.9 Å². The minimum absolute atomic E-state index is 0.255. The van der Waals surface area contributed by atoms with Crippen LogP contribution in [-0.2, 0) is 13.2 Å². The molecule has 7 heteroatoms. The van der Waals surface area contributed by atoms with Crippen LogP contribution in [0.5, 0.6) is 11.5 Å². The van der Waals surface area contributed by atoms with Crippen LogP contribution in [0.2, 0.25) is 10.0 Å². The van der Waals surface area contributed by atoms with Crippen LogP contribution in [0.25, 0.3) is 0 Å². The molecule has 28 heavy (non-hydrogen) atoms. The van der Waals surface area contributed by atoms with Gasteiger partial charge < -0.3 is 14.8 Å². The van der Waals surface area contributed by atoms with E-state index in [1.807, 2.05) is 24.3 Å². The summed E-state index contributed by atoms with van der Waals surface area (Å²) in [4.78, 5) is 0. The molecule has 1 N–H and O–H groups in total. The maximum atomic E-state index is 13.3. The van der Waals surface area contributed by atoms with Crippen molar-refractivity contribution in [1.29, 1.82) is 0 Å². The molecule has 0 unspecified atom stereocenters. The molecule has 0 aliphatic carbocycles. The van der Waals surface area contributed by atoms with Gasteiger partial charge >= 0.3 is 0 Å². The van der Waals surface area contributed by atoms with Crippen LogP contribution in [0, 0.1) is 9.39 Å². The topological polar surface area (TPSA) is 30.5 Å². The van der Waals surface area contributed by atoms with Gasteiger partial charge in [-0.2, -0.15) is 0 Å². The van der Waals surface area contributed by atoms with Gasteiger partial charge in [0.15, 0.2) is 11.5 Å². The van der Waals surface area contributed by atoms with Gasteiger partial charge in [0, 0.05) is 12.2 Å². The molecule has 0 saturated carbocycles. The van der Waals surface area contributed by atoms with Crippen molar-refractivity contribution in [2.75, 3.05) is 12.4 Å². The zero-order valence-corrected chi connectivity index (χ0v) is 18.6. The Morgan fingerprint density at radius 1 is 1.00 bits per heavy atom. The Balaban J connectivity index is 1.72. The third kappa shape index (κ3) is 5.43. The molecule has 3 aromatic rings. The Bertz CT molecular complexity index is 985. The Kier molecular flexibility index (Phi) is 7.26. The fraction of sp³-hybridized carbons (Fsp3) is 0.143. The maximum Gasteiger partial charge on any atom is 0.174 e. The van der Waals surface area contributed by atoms with E-state index in [1.54, 1.807) is 25.3 Å². The minimum atomic E-state index is -0.286. The molecular weight excluding hydrogens is 515 g/mol. The number of nitrogens with one attached hydrogen (secondary N) is 1. The van der Waals surface area contributed by atoms with Crippen LogP contribution >= 0.6 is 45.8 Å². The zero-order chi connectivity index (χ0) is 20.1. The molecular formula is C21H17Cl2FINO2. The van der Waals surface area contributed by atoms with Crippen molar-refractivity contribution in [3.63, 3.8) is 0 Å². The molecule has 0 radical (unpaired) electrons. The maximum absolute atomic E-state index is 13.3. The van der Waals surface area contributed by atoms with Gasteiger partial charge in [0.2, 0.25) is 0 Å². The number of rotatable bonds is 7. The molecule has 0 bridgehead atoms. The van der Waals surface area contributed by atoms with Crippen LogP contribution in [-0.4, -0.2) is 7.11 Å². The largest absolute Gasteiger partial charge is 0.493 e. The summed E-state index contributed by atoms with van der Waals surface area (Å²) in [6.45, 7) is 0.833. The van der Waals surface area contributed by atoms with Crippen molar-refractivity contribution >= 4 is 51.5 Å². The van der Waals surface area contributed by atoms with Gasteiger partial charge in [0.25, 0.3) is 0 Å². The first-order chi connectivity index (χ1) is 13.5. The average molecular weight is 532 g/mol. The average Bonchev–Trinajstić information content (AvgIpc) is 2.67. The molecule has 3 nitrogen and oxygen atoms in total. The predicted octanol–water partition coefficient (Wildman–Crippen LogP) is 6.94. The Labute approximate surface area is 186 Å². The van der Waals surface area contributed by atoms with E-state index in [9.17, 15) is 4.39 Å². The van der Waals surface area contributed by atoms with Crippen LogP contribution in [0.4, 0.5) is 10.1 Å². The van der Waals surface area contributed by atoms with Crippen LogP contribution in [0.15, 0.2) is 54.6 Å². The Hall–Kier alpha value is -1.70. The lowest BCUT2D eigenvalue weighted by Gasteiger charge is -2.15. The third-order valence-electron chi connectivity index (χ3n) is 3.98. The van der Waals surface area contributed by atoms with Crippen LogP contribution < -0.4 is 14.8 Å². The lowest BCUT2D eigenvalue weighted by atomic mass is 10.2. The van der Waals surface area contributed by atoms with Gasteiger partial charge in [0.05, 0.1) is 20.7 Å². The van der Waals surface area contributed by atoms with Crippen molar-refractivity contribution in [3.05, 3.63) is 85.2 Å². The van der Waals surface area contributed by atoms with E-state index < -0.39 is 0 Å². The molecule has 0 saturated heterocycles. The van der Waals surface area contributed by atoms with E-state index in [4.69, 9.17) is 32.7 Å². The van der Waals surface area contributed by atoms with Gasteiger partial charge in [-0.1, -0.05) is 35.3 Å². The highest BCUT2D eigenvalue weighted by Gasteiger charge is 2.12. The van der Waals surface area contributed by atoms with E-state index in [1.165, 1.54) is 12.1 Å². The summed E-state index contributed by atoms with van der Waals surface area (Å²) in [5, 5.41) is 4.32. The fourth-order valence-electron chi connectivity index (χ4n) is 2.61. The third-order valence-corrected chi connectivity index (χ3v) is 5.52. The lowest BCUT2D eigenvalue weighted by Crippen LogP contribution is -2.04. The summed E-state index contributed by atoms with van der Waals surface area (Å²) in [5.74, 6) is 0.964. The standard InChI is InChI=1S/C21H17Cl2FINO2/c1-27-20-9-14(11-26-16-5-6-17(22)18(23)10-16)8-19(25)21(20)28-12-13-3-2-4-15(24)7-13/h2-10,26H,11-12H2,1H3. The van der Waals surface area contributed by atoms with Crippen LogP contribution in [0.1, 0.15) is 11.1 Å². The summed E-state index contributed by atoms with van der Waals surface area (Å²) in [5.41, 5.74) is 2.64. The fourth-order valence-corrected chi connectivity index (χ4v) is 3.73. The number of hydrogen-bond acceptors (Lipinski definition) is 3. The van der Waals surface area contributed by atoms with Crippen molar-refractivity contribution in [1.82, 2.24) is 0 Å². The summed E-state index contributed by atoms with van der Waals surface area (Å²) in [7, 11) is 1.59. The van der Waals surface area contributed by atoms with E-state index in [-0.39, 0.29) is 12.4 Å². The van der Waals surface area contributed by atoms with Gasteiger partial charge in [-0.3, -0.25) is 0 Å². The zero-order valence-electron chi connectivity index (χ0n) is 14.9. The molecule has 0 aliphatic rings. The first kappa shape index (κ1) is 21.0. The van der Waals surface area contributed by atoms with Crippen molar-refractivity contribution in [2.24, 2.45) is 0 Å². The van der Waals surface area contributed by atoms with E-state index in [0.717, 1.165) is 20.4 Å². The first-order valence-electron chi connectivity index (χ1n) is 8.39. The second-order valence-electron chi connectivity index (χ2n) is 6.01. The lowest BCUT2D eigenvalue weighted by molar-refractivity contribution is 0.281. The highest BCUT2D eigenvalue weighted by Crippen LogP contribution is 2.35. The molecule has 0 fully saturated rings.